The van der Waals surface area contributed by atoms with E-state index in [0.29, 0.717) is 32.6 Å². The van der Waals surface area contributed by atoms with E-state index in [1.165, 1.54) is 0 Å². The number of carbonyl (C=O) groups is 1. The molecule has 2 N–H and O–H groups in total. The van der Waals surface area contributed by atoms with Crippen LogP contribution >= 0.6 is 23.2 Å². The van der Waals surface area contributed by atoms with E-state index in [9.17, 15) is 4.79 Å². The fourth-order valence-electron chi connectivity index (χ4n) is 2.38. The van der Waals surface area contributed by atoms with Crippen LogP contribution in [0.15, 0.2) is 36.4 Å². The molecule has 0 atom stereocenters. The van der Waals surface area contributed by atoms with Gasteiger partial charge in [0.15, 0.2) is 0 Å². The van der Waals surface area contributed by atoms with Crippen molar-refractivity contribution in [3.63, 3.8) is 0 Å². The summed E-state index contributed by atoms with van der Waals surface area (Å²) in [5.74, 6) is 0.335. The van der Waals surface area contributed by atoms with Crippen LogP contribution in [0.4, 0.5) is 5.69 Å². The summed E-state index contributed by atoms with van der Waals surface area (Å²) in [4.78, 5) is 12.2. The molecular formula is C17H13Cl2NO3. The molecule has 0 aliphatic carbocycles. The van der Waals surface area contributed by atoms with Gasteiger partial charge < -0.3 is 15.2 Å². The fourth-order valence-corrected chi connectivity index (χ4v) is 2.74. The van der Waals surface area contributed by atoms with E-state index in [1.807, 2.05) is 0 Å². The van der Waals surface area contributed by atoms with Crippen molar-refractivity contribution in [3.8, 4) is 5.75 Å². The largest absolute Gasteiger partial charge is 0.491 e. The number of hydrogen-bond donors (Lipinski definition) is 2. The summed E-state index contributed by atoms with van der Waals surface area (Å²) >= 11 is 12.0. The number of rotatable bonds is 4. The van der Waals surface area contributed by atoms with Gasteiger partial charge >= 0.3 is 0 Å². The van der Waals surface area contributed by atoms with Gasteiger partial charge in [-0.15, -0.1) is 0 Å². The molecule has 1 aliphatic rings. The lowest BCUT2D eigenvalue weighted by atomic mass is 10.0. The lowest BCUT2D eigenvalue weighted by Crippen LogP contribution is -2.05. The first kappa shape index (κ1) is 15.9. The Morgan fingerprint density at radius 2 is 1.87 bits per heavy atom. The van der Waals surface area contributed by atoms with Gasteiger partial charge in [-0.3, -0.25) is 4.79 Å². The normalized spacial score (nSPS) is 14.7. The van der Waals surface area contributed by atoms with Crippen LogP contribution in [-0.2, 0) is 4.79 Å². The molecule has 0 spiro atoms. The number of halogens is 2. The van der Waals surface area contributed by atoms with Crippen molar-refractivity contribution in [1.82, 2.24) is 0 Å². The summed E-state index contributed by atoms with van der Waals surface area (Å²) in [7, 11) is 0. The van der Waals surface area contributed by atoms with E-state index in [1.54, 1.807) is 42.5 Å². The third-order valence-corrected chi connectivity index (χ3v) is 3.86. The van der Waals surface area contributed by atoms with Crippen molar-refractivity contribution in [3.05, 3.63) is 57.6 Å². The number of nitrogens with one attached hydrogen (secondary N) is 1. The maximum atomic E-state index is 12.2. The van der Waals surface area contributed by atoms with E-state index in [4.69, 9.17) is 33.0 Å². The quantitative estimate of drug-likeness (QED) is 0.824. The number of aliphatic hydroxyl groups excluding tert-OH is 1. The highest BCUT2D eigenvalue weighted by Gasteiger charge is 2.24. The molecule has 2 aromatic rings. The molecule has 23 heavy (non-hydrogen) atoms. The minimum atomic E-state index is -0.213. The minimum Gasteiger partial charge on any atom is -0.491 e. The summed E-state index contributed by atoms with van der Waals surface area (Å²) in [6.45, 7) is 0.0661. The molecule has 0 aromatic heterocycles. The highest BCUT2D eigenvalue weighted by Crippen LogP contribution is 2.36. The Morgan fingerprint density at radius 1 is 1.13 bits per heavy atom. The van der Waals surface area contributed by atoms with E-state index < -0.39 is 0 Å². The Balaban J connectivity index is 2.05. The van der Waals surface area contributed by atoms with Gasteiger partial charge in [-0.05, 0) is 36.4 Å². The van der Waals surface area contributed by atoms with Crippen molar-refractivity contribution in [2.24, 2.45) is 0 Å². The van der Waals surface area contributed by atoms with Crippen molar-refractivity contribution in [1.29, 1.82) is 0 Å². The van der Waals surface area contributed by atoms with Gasteiger partial charge in [0, 0.05) is 26.7 Å². The standard InChI is InChI=1S/C17H13Cl2NO3/c18-11-2-4-16(23-6-5-21)10(7-11)8-14-13-3-1-12(19)9-15(13)20-17(14)22/h1-4,7-9,21H,5-6H2,(H,20,22)/b14-8-. The molecule has 6 heteroatoms. The first-order chi connectivity index (χ1) is 11.1. The molecule has 1 amide bonds. The van der Waals surface area contributed by atoms with Gasteiger partial charge in [-0.2, -0.15) is 0 Å². The number of anilines is 1. The third-order valence-electron chi connectivity index (χ3n) is 3.39. The van der Waals surface area contributed by atoms with Gasteiger partial charge in [0.1, 0.15) is 12.4 Å². The first-order valence-corrected chi connectivity index (χ1v) is 7.70. The number of fused-ring (bicyclic) bond motifs is 1. The van der Waals surface area contributed by atoms with Crippen LogP contribution in [-0.4, -0.2) is 24.2 Å². The Labute approximate surface area is 143 Å². The molecule has 0 saturated carbocycles. The summed E-state index contributed by atoms with van der Waals surface area (Å²) in [6, 6.07) is 10.3. The van der Waals surface area contributed by atoms with Crippen LogP contribution in [0.1, 0.15) is 11.1 Å². The summed E-state index contributed by atoms with van der Waals surface area (Å²) in [5.41, 5.74) is 2.62. The predicted octanol–water partition coefficient (Wildman–Crippen LogP) is 3.86. The number of ether oxygens (including phenoxy) is 1. The van der Waals surface area contributed by atoms with E-state index in [0.717, 1.165) is 5.56 Å². The van der Waals surface area contributed by atoms with Gasteiger partial charge in [-0.1, -0.05) is 29.3 Å². The molecule has 4 nitrogen and oxygen atoms in total. The van der Waals surface area contributed by atoms with Crippen molar-refractivity contribution in [2.75, 3.05) is 18.5 Å². The zero-order valence-electron chi connectivity index (χ0n) is 12.0. The van der Waals surface area contributed by atoms with E-state index >= 15 is 0 Å². The maximum Gasteiger partial charge on any atom is 0.256 e. The Bertz CT molecular complexity index is 802. The SMILES string of the molecule is O=C1Nc2cc(Cl)ccc2/C1=C/c1cc(Cl)ccc1OCCO. The van der Waals surface area contributed by atoms with Crippen LogP contribution in [0, 0.1) is 0 Å². The number of carbonyl (C=O) groups excluding carboxylic acids is 1. The fraction of sp³-hybridized carbons (Fsp3) is 0.118. The van der Waals surface area contributed by atoms with Gasteiger partial charge in [0.25, 0.3) is 5.91 Å². The van der Waals surface area contributed by atoms with Crippen LogP contribution in [0.25, 0.3) is 11.6 Å². The number of aliphatic hydroxyl groups is 1. The molecule has 1 aliphatic heterocycles. The van der Waals surface area contributed by atoms with Gasteiger partial charge in [0.05, 0.1) is 12.3 Å². The number of hydrogen-bond acceptors (Lipinski definition) is 3. The maximum absolute atomic E-state index is 12.2. The smallest absolute Gasteiger partial charge is 0.256 e. The molecule has 0 saturated heterocycles. The molecule has 0 radical (unpaired) electrons. The average Bonchev–Trinajstić information content (AvgIpc) is 2.81. The molecule has 118 valence electrons. The first-order valence-electron chi connectivity index (χ1n) is 6.94. The molecule has 0 unspecified atom stereocenters. The molecule has 2 aromatic carbocycles. The summed E-state index contributed by atoms with van der Waals surface area (Å²) in [5, 5.41) is 12.8. The second-order valence-electron chi connectivity index (χ2n) is 4.96. The second-order valence-corrected chi connectivity index (χ2v) is 5.83. The highest BCUT2D eigenvalue weighted by molar-refractivity contribution is 6.37. The lowest BCUT2D eigenvalue weighted by molar-refractivity contribution is -0.110. The van der Waals surface area contributed by atoms with Crippen molar-refractivity contribution < 1.29 is 14.6 Å². The van der Waals surface area contributed by atoms with Crippen LogP contribution in [0.2, 0.25) is 10.0 Å². The minimum absolute atomic E-state index is 0.0968. The zero-order chi connectivity index (χ0) is 16.4. The van der Waals surface area contributed by atoms with Gasteiger partial charge in [-0.25, -0.2) is 0 Å². The highest BCUT2D eigenvalue weighted by atomic mass is 35.5. The summed E-state index contributed by atoms with van der Waals surface area (Å²) in [6.07, 6.45) is 1.72. The average molecular weight is 350 g/mol. The van der Waals surface area contributed by atoms with Crippen LogP contribution in [0.3, 0.4) is 0 Å². The predicted molar refractivity (Wildman–Crippen MR) is 92.0 cm³/mol. The topological polar surface area (TPSA) is 58.6 Å². The number of benzene rings is 2. The Kier molecular flexibility index (Phi) is 4.57. The monoisotopic (exact) mass is 349 g/mol. The van der Waals surface area contributed by atoms with Crippen LogP contribution in [0.5, 0.6) is 5.75 Å². The molecular weight excluding hydrogens is 337 g/mol. The Morgan fingerprint density at radius 3 is 2.65 bits per heavy atom. The Hall–Kier alpha value is -2.01. The molecule has 3 rings (SSSR count). The van der Waals surface area contributed by atoms with E-state index in [2.05, 4.69) is 5.32 Å². The lowest BCUT2D eigenvalue weighted by Gasteiger charge is -2.09. The van der Waals surface area contributed by atoms with E-state index in [-0.39, 0.29) is 19.1 Å². The van der Waals surface area contributed by atoms with Crippen molar-refractivity contribution in [2.45, 2.75) is 0 Å². The van der Waals surface area contributed by atoms with Gasteiger partial charge in [0.2, 0.25) is 0 Å². The molecule has 1 heterocycles. The van der Waals surface area contributed by atoms with Crippen molar-refractivity contribution >= 4 is 46.4 Å². The molecule has 0 fully saturated rings. The number of amides is 1. The zero-order valence-corrected chi connectivity index (χ0v) is 13.5. The molecule has 0 bridgehead atoms. The summed E-state index contributed by atoms with van der Waals surface area (Å²) < 4.78 is 5.49. The second kappa shape index (κ2) is 6.62. The van der Waals surface area contributed by atoms with Crippen LogP contribution < -0.4 is 10.1 Å². The third kappa shape index (κ3) is 3.34.